The van der Waals surface area contributed by atoms with Crippen molar-refractivity contribution in [3.63, 3.8) is 0 Å². The molecular weight excluding hydrogens is 382 g/mol. The Hall–Kier alpha value is -1.99. The lowest BCUT2D eigenvalue weighted by atomic mass is 9.99. The first-order valence-electron chi connectivity index (χ1n) is 9.58. The molecule has 1 aromatic rings. The number of carbonyl (C=O) groups excluding carboxylic acids is 2. The monoisotopic (exact) mass is 411 g/mol. The van der Waals surface area contributed by atoms with Gasteiger partial charge in [0, 0.05) is 44.2 Å². The summed E-state index contributed by atoms with van der Waals surface area (Å²) in [5.41, 5.74) is 6.64. The van der Waals surface area contributed by atoms with E-state index in [-0.39, 0.29) is 30.3 Å². The number of halogens is 1. The Morgan fingerprint density at radius 1 is 1.04 bits per heavy atom. The normalized spacial score (nSPS) is 21.8. The van der Waals surface area contributed by atoms with Gasteiger partial charge in [-0.15, -0.1) is 12.4 Å². The minimum Gasteiger partial charge on any atom is -0.493 e. The first-order valence-corrected chi connectivity index (χ1v) is 9.58. The van der Waals surface area contributed by atoms with Gasteiger partial charge in [0.1, 0.15) is 0 Å². The first kappa shape index (κ1) is 22.3. The first-order chi connectivity index (χ1) is 13.0. The molecule has 0 radical (unpaired) electrons. The number of piperazine rings is 1. The maximum absolute atomic E-state index is 12.8. The minimum atomic E-state index is -0.0548. The highest BCUT2D eigenvalue weighted by atomic mass is 35.5. The van der Waals surface area contributed by atoms with E-state index in [1.807, 2.05) is 4.90 Å². The number of nitrogens with two attached hydrogens (primary N) is 1. The molecule has 2 amide bonds. The molecule has 2 atom stereocenters. The van der Waals surface area contributed by atoms with Crippen molar-refractivity contribution in [1.29, 1.82) is 0 Å². The smallest absolute Gasteiger partial charge is 0.254 e. The third-order valence-corrected chi connectivity index (χ3v) is 5.70. The van der Waals surface area contributed by atoms with E-state index in [0.717, 1.165) is 19.3 Å². The summed E-state index contributed by atoms with van der Waals surface area (Å²) >= 11 is 0. The molecule has 0 aromatic heterocycles. The van der Waals surface area contributed by atoms with Crippen LogP contribution in [0.15, 0.2) is 18.2 Å². The van der Waals surface area contributed by atoms with Crippen molar-refractivity contribution < 1.29 is 19.1 Å². The number of hydrogen-bond acceptors (Lipinski definition) is 5. The quantitative estimate of drug-likeness (QED) is 0.800. The number of rotatable bonds is 5. The van der Waals surface area contributed by atoms with Gasteiger partial charge in [-0.1, -0.05) is 6.42 Å². The van der Waals surface area contributed by atoms with E-state index >= 15 is 0 Å². The average molecular weight is 412 g/mol. The Balaban J connectivity index is 0.00000280. The number of methoxy groups -OCH3 is 2. The van der Waals surface area contributed by atoms with Crippen LogP contribution in [0.5, 0.6) is 11.5 Å². The van der Waals surface area contributed by atoms with E-state index in [4.69, 9.17) is 15.2 Å². The molecule has 156 valence electrons. The van der Waals surface area contributed by atoms with Gasteiger partial charge in [0.05, 0.1) is 14.2 Å². The topological polar surface area (TPSA) is 85.1 Å². The average Bonchev–Trinajstić information content (AvgIpc) is 3.11. The predicted octanol–water partition coefficient (Wildman–Crippen LogP) is 1.93. The molecule has 1 saturated heterocycles. The van der Waals surface area contributed by atoms with Crippen molar-refractivity contribution in [2.75, 3.05) is 40.4 Å². The van der Waals surface area contributed by atoms with Crippen LogP contribution in [-0.2, 0) is 4.79 Å². The van der Waals surface area contributed by atoms with Gasteiger partial charge in [-0.2, -0.15) is 0 Å². The molecule has 3 rings (SSSR count). The maximum Gasteiger partial charge on any atom is 0.254 e. The molecule has 1 heterocycles. The minimum absolute atomic E-state index is 0. The van der Waals surface area contributed by atoms with Gasteiger partial charge in [0.2, 0.25) is 5.91 Å². The molecule has 28 heavy (non-hydrogen) atoms. The van der Waals surface area contributed by atoms with Crippen molar-refractivity contribution in [3.05, 3.63) is 23.8 Å². The SMILES string of the molecule is COc1ccc(C(=O)N2CCN(C(=O)C[C@@H]3CCC[C@H]3N)CC2)cc1OC.Cl. The van der Waals surface area contributed by atoms with Crippen LogP contribution in [0.2, 0.25) is 0 Å². The van der Waals surface area contributed by atoms with Gasteiger partial charge in [0.25, 0.3) is 5.91 Å². The van der Waals surface area contributed by atoms with E-state index in [0.29, 0.717) is 55.6 Å². The van der Waals surface area contributed by atoms with Gasteiger partial charge in [0.15, 0.2) is 11.5 Å². The fourth-order valence-electron chi connectivity index (χ4n) is 3.98. The number of carbonyl (C=O) groups is 2. The highest BCUT2D eigenvalue weighted by molar-refractivity contribution is 5.95. The third-order valence-electron chi connectivity index (χ3n) is 5.70. The van der Waals surface area contributed by atoms with Crippen LogP contribution in [0.3, 0.4) is 0 Å². The summed E-state index contributed by atoms with van der Waals surface area (Å²) < 4.78 is 10.5. The zero-order valence-electron chi connectivity index (χ0n) is 16.6. The Labute approximate surface area is 172 Å². The molecule has 0 bridgehead atoms. The van der Waals surface area contributed by atoms with E-state index in [9.17, 15) is 9.59 Å². The second-order valence-electron chi connectivity index (χ2n) is 7.30. The summed E-state index contributed by atoms with van der Waals surface area (Å²) in [4.78, 5) is 29.0. The number of ether oxygens (including phenoxy) is 2. The van der Waals surface area contributed by atoms with Gasteiger partial charge in [-0.25, -0.2) is 0 Å². The maximum atomic E-state index is 12.8. The summed E-state index contributed by atoms with van der Waals surface area (Å²) in [7, 11) is 3.11. The van der Waals surface area contributed by atoms with Crippen LogP contribution in [0, 0.1) is 5.92 Å². The zero-order valence-corrected chi connectivity index (χ0v) is 17.4. The molecule has 2 aliphatic rings. The largest absolute Gasteiger partial charge is 0.493 e. The molecule has 0 unspecified atom stereocenters. The molecular formula is C20H30ClN3O4. The molecule has 1 saturated carbocycles. The Bertz CT molecular complexity index is 692. The highest BCUT2D eigenvalue weighted by Gasteiger charge is 2.30. The number of benzene rings is 1. The van der Waals surface area contributed by atoms with E-state index in [1.165, 1.54) is 0 Å². The predicted molar refractivity (Wildman–Crippen MR) is 109 cm³/mol. The molecule has 7 nitrogen and oxygen atoms in total. The van der Waals surface area contributed by atoms with Crippen molar-refractivity contribution in [2.24, 2.45) is 11.7 Å². The zero-order chi connectivity index (χ0) is 19.4. The standard InChI is InChI=1S/C20H29N3O4.ClH/c1-26-17-7-6-15(12-18(17)27-2)20(25)23-10-8-22(9-11-23)19(24)13-14-4-3-5-16(14)21;/h6-7,12,14,16H,3-5,8-11,13,21H2,1-2H3;1H/t14-,16+;/m0./s1. The van der Waals surface area contributed by atoms with Crippen LogP contribution >= 0.6 is 12.4 Å². The molecule has 1 aliphatic carbocycles. The summed E-state index contributed by atoms with van der Waals surface area (Å²) in [5, 5.41) is 0. The van der Waals surface area contributed by atoms with Crippen molar-refractivity contribution in [1.82, 2.24) is 9.80 Å². The molecule has 8 heteroatoms. The van der Waals surface area contributed by atoms with Gasteiger partial charge in [-0.05, 0) is 37.0 Å². The van der Waals surface area contributed by atoms with E-state index < -0.39 is 0 Å². The summed E-state index contributed by atoms with van der Waals surface area (Å²) in [6, 6.07) is 5.32. The lowest BCUT2D eigenvalue weighted by Crippen LogP contribution is -2.51. The number of amides is 2. The Morgan fingerprint density at radius 3 is 2.25 bits per heavy atom. The van der Waals surface area contributed by atoms with E-state index in [2.05, 4.69) is 0 Å². The Morgan fingerprint density at radius 2 is 1.68 bits per heavy atom. The number of nitrogens with zero attached hydrogens (tertiary/aromatic N) is 2. The number of hydrogen-bond donors (Lipinski definition) is 1. The molecule has 2 N–H and O–H groups in total. The van der Waals surface area contributed by atoms with Gasteiger partial charge >= 0.3 is 0 Å². The van der Waals surface area contributed by atoms with Crippen LogP contribution in [0.4, 0.5) is 0 Å². The summed E-state index contributed by atoms with van der Waals surface area (Å²) in [5.74, 6) is 1.54. The fourth-order valence-corrected chi connectivity index (χ4v) is 3.98. The van der Waals surface area contributed by atoms with Crippen LogP contribution in [0.25, 0.3) is 0 Å². The highest BCUT2D eigenvalue weighted by Crippen LogP contribution is 2.29. The lowest BCUT2D eigenvalue weighted by Gasteiger charge is -2.35. The summed E-state index contributed by atoms with van der Waals surface area (Å²) in [6.45, 7) is 2.21. The van der Waals surface area contributed by atoms with Gasteiger partial charge < -0.3 is 25.0 Å². The van der Waals surface area contributed by atoms with Crippen molar-refractivity contribution in [2.45, 2.75) is 31.7 Å². The van der Waals surface area contributed by atoms with Crippen LogP contribution in [-0.4, -0.2) is 68.1 Å². The van der Waals surface area contributed by atoms with Crippen LogP contribution in [0.1, 0.15) is 36.0 Å². The van der Waals surface area contributed by atoms with E-state index in [1.54, 1.807) is 37.3 Å². The molecule has 2 fully saturated rings. The van der Waals surface area contributed by atoms with Crippen molar-refractivity contribution in [3.8, 4) is 11.5 Å². The lowest BCUT2D eigenvalue weighted by molar-refractivity contribution is -0.133. The Kier molecular flexibility index (Phi) is 7.95. The second kappa shape index (κ2) is 9.98. The molecule has 1 aromatic carbocycles. The molecule has 1 aliphatic heterocycles. The third kappa shape index (κ3) is 4.89. The fraction of sp³-hybridized carbons (Fsp3) is 0.600. The summed E-state index contributed by atoms with van der Waals surface area (Å²) in [6.07, 6.45) is 3.72. The van der Waals surface area contributed by atoms with Crippen molar-refractivity contribution >= 4 is 24.2 Å². The second-order valence-corrected chi connectivity index (χ2v) is 7.30. The molecule has 0 spiro atoms. The van der Waals surface area contributed by atoms with Gasteiger partial charge in [-0.3, -0.25) is 9.59 Å². The van der Waals surface area contributed by atoms with Crippen LogP contribution < -0.4 is 15.2 Å².